The molecule has 0 saturated heterocycles. The first-order chi connectivity index (χ1) is 13.6. The highest BCUT2D eigenvalue weighted by atomic mass is 35.5. The molecule has 0 amide bonds. The van der Waals surface area contributed by atoms with Gasteiger partial charge in [-0.3, -0.25) is 4.79 Å². The zero-order valence-electron chi connectivity index (χ0n) is 14.6. The topological polar surface area (TPSA) is 30.0 Å². The van der Waals surface area contributed by atoms with Gasteiger partial charge in [-0.2, -0.15) is 0 Å². The maximum atomic E-state index is 13.2. The lowest BCUT2D eigenvalue weighted by molar-refractivity contribution is 0.104. The van der Waals surface area contributed by atoms with Crippen LogP contribution < -0.4 is 0 Å². The molecule has 1 aliphatic carbocycles. The first-order valence-corrected chi connectivity index (χ1v) is 9.58. The molecule has 5 rings (SSSR count). The molecule has 3 aromatic carbocycles. The first kappa shape index (κ1) is 17.2. The highest BCUT2D eigenvalue weighted by molar-refractivity contribution is 6.31. The number of hydrogen-bond acceptors (Lipinski definition) is 2. The van der Waals surface area contributed by atoms with Gasteiger partial charge in [0.1, 0.15) is 0 Å². The Bertz CT molecular complexity index is 1230. The predicted octanol–water partition coefficient (Wildman–Crippen LogP) is 6.93. The van der Waals surface area contributed by atoms with Gasteiger partial charge >= 0.3 is 0 Å². The third kappa shape index (κ3) is 2.73. The van der Waals surface area contributed by atoms with Gasteiger partial charge < -0.3 is 0 Å². The zero-order valence-corrected chi connectivity index (χ0v) is 16.1. The molecule has 0 N–H and O–H groups in total. The smallest absolute Gasteiger partial charge is 0.196 e. The summed E-state index contributed by atoms with van der Waals surface area (Å²) < 4.78 is 0. The summed E-state index contributed by atoms with van der Waals surface area (Å²) in [7, 11) is 0. The van der Waals surface area contributed by atoms with E-state index in [1.807, 2.05) is 78.9 Å². The van der Waals surface area contributed by atoms with Gasteiger partial charge in [0, 0.05) is 26.7 Å². The summed E-state index contributed by atoms with van der Waals surface area (Å²) in [6, 6.07) is 24.7. The van der Waals surface area contributed by atoms with Crippen molar-refractivity contribution in [1.29, 1.82) is 0 Å². The van der Waals surface area contributed by atoms with E-state index in [0.29, 0.717) is 21.2 Å². The average Bonchev–Trinajstić information content (AvgIpc) is 3.01. The van der Waals surface area contributed by atoms with Crippen LogP contribution in [0.3, 0.4) is 0 Å². The summed E-state index contributed by atoms with van der Waals surface area (Å²) in [4.78, 5) is 18.0. The highest BCUT2D eigenvalue weighted by Crippen LogP contribution is 2.42. The minimum Gasteiger partial charge on any atom is -0.288 e. The van der Waals surface area contributed by atoms with Crippen LogP contribution in [0, 0.1) is 0 Å². The van der Waals surface area contributed by atoms with Crippen LogP contribution >= 0.6 is 23.2 Å². The first-order valence-electron chi connectivity index (χ1n) is 8.83. The van der Waals surface area contributed by atoms with Crippen molar-refractivity contribution < 1.29 is 4.79 Å². The minimum absolute atomic E-state index is 0.00528. The van der Waals surface area contributed by atoms with Crippen LogP contribution in [0.15, 0.2) is 78.9 Å². The minimum atomic E-state index is 0.00528. The Kier molecular flexibility index (Phi) is 4.04. The van der Waals surface area contributed by atoms with E-state index in [-0.39, 0.29) is 5.78 Å². The number of carbonyl (C=O) groups is 1. The van der Waals surface area contributed by atoms with Crippen LogP contribution in [0.4, 0.5) is 0 Å². The standard InChI is InChI=1S/C24H13Cl2NO/c25-16-9-5-14(6-10-16)20-13-21(15-7-11-17(26)12-8-15)27-23-18-3-1-2-4-19(18)24(28)22(20)23/h1-13H. The lowest BCUT2D eigenvalue weighted by atomic mass is 9.96. The van der Waals surface area contributed by atoms with Crippen LogP contribution in [0.1, 0.15) is 15.9 Å². The van der Waals surface area contributed by atoms with Gasteiger partial charge in [-0.25, -0.2) is 4.98 Å². The number of pyridine rings is 1. The van der Waals surface area contributed by atoms with Crippen molar-refractivity contribution in [2.24, 2.45) is 0 Å². The highest BCUT2D eigenvalue weighted by Gasteiger charge is 2.31. The van der Waals surface area contributed by atoms with E-state index < -0.39 is 0 Å². The Morgan fingerprint density at radius 3 is 1.86 bits per heavy atom. The fourth-order valence-corrected chi connectivity index (χ4v) is 3.87. The molecule has 0 unspecified atom stereocenters. The largest absolute Gasteiger partial charge is 0.288 e. The average molecular weight is 402 g/mol. The Morgan fingerprint density at radius 1 is 0.643 bits per heavy atom. The van der Waals surface area contributed by atoms with Crippen molar-refractivity contribution in [2.45, 2.75) is 0 Å². The number of ketones is 1. The van der Waals surface area contributed by atoms with Crippen molar-refractivity contribution in [3.63, 3.8) is 0 Å². The number of nitrogens with zero attached hydrogens (tertiary/aromatic N) is 1. The van der Waals surface area contributed by atoms with Crippen molar-refractivity contribution in [3.05, 3.63) is 100 Å². The summed E-state index contributed by atoms with van der Waals surface area (Å²) in [6.07, 6.45) is 0. The number of fused-ring (bicyclic) bond motifs is 3. The second-order valence-corrected chi connectivity index (χ2v) is 7.54. The number of aromatic nitrogens is 1. The van der Waals surface area contributed by atoms with Crippen LogP contribution in [0.5, 0.6) is 0 Å². The third-order valence-corrected chi connectivity index (χ3v) is 5.47. The van der Waals surface area contributed by atoms with E-state index in [1.54, 1.807) is 0 Å². The van der Waals surface area contributed by atoms with Crippen LogP contribution in [0.2, 0.25) is 10.0 Å². The van der Waals surface area contributed by atoms with E-state index in [4.69, 9.17) is 28.2 Å². The molecule has 28 heavy (non-hydrogen) atoms. The fourth-order valence-electron chi connectivity index (χ4n) is 3.62. The molecule has 134 valence electrons. The molecule has 0 aliphatic heterocycles. The van der Waals surface area contributed by atoms with E-state index in [1.165, 1.54) is 0 Å². The number of carbonyl (C=O) groups excluding carboxylic acids is 1. The maximum absolute atomic E-state index is 13.2. The lowest BCUT2D eigenvalue weighted by Gasteiger charge is -2.12. The molecule has 0 radical (unpaired) electrons. The van der Waals surface area contributed by atoms with Gasteiger partial charge in [-0.1, -0.05) is 71.7 Å². The van der Waals surface area contributed by atoms with Crippen LogP contribution in [-0.2, 0) is 0 Å². The Morgan fingerprint density at radius 2 is 1.21 bits per heavy atom. The molecular formula is C24H13Cl2NO. The van der Waals surface area contributed by atoms with Crippen molar-refractivity contribution >= 4 is 29.0 Å². The van der Waals surface area contributed by atoms with Gasteiger partial charge in [0.2, 0.25) is 0 Å². The summed E-state index contributed by atoms with van der Waals surface area (Å²) in [6.45, 7) is 0. The predicted molar refractivity (Wildman–Crippen MR) is 114 cm³/mol. The lowest BCUT2D eigenvalue weighted by Crippen LogP contribution is -2.00. The van der Waals surface area contributed by atoms with E-state index in [2.05, 4.69) is 0 Å². The Labute approximate surface area is 172 Å². The number of rotatable bonds is 2. The van der Waals surface area contributed by atoms with E-state index in [9.17, 15) is 4.79 Å². The maximum Gasteiger partial charge on any atom is 0.196 e. The van der Waals surface area contributed by atoms with E-state index in [0.717, 1.165) is 33.6 Å². The second-order valence-electron chi connectivity index (χ2n) is 6.67. The molecule has 0 atom stereocenters. The Balaban J connectivity index is 1.81. The summed E-state index contributed by atoms with van der Waals surface area (Å²) in [5.41, 5.74) is 6.44. The molecule has 0 saturated carbocycles. The Hall–Kier alpha value is -2.94. The summed E-state index contributed by atoms with van der Waals surface area (Å²) in [5.74, 6) is 0.00528. The van der Waals surface area contributed by atoms with Crippen molar-refractivity contribution in [1.82, 2.24) is 4.98 Å². The van der Waals surface area contributed by atoms with Gasteiger partial charge in [0.25, 0.3) is 0 Å². The van der Waals surface area contributed by atoms with Gasteiger partial charge in [-0.05, 0) is 41.5 Å². The van der Waals surface area contributed by atoms with Crippen LogP contribution in [0.25, 0.3) is 33.6 Å². The van der Waals surface area contributed by atoms with E-state index >= 15 is 0 Å². The summed E-state index contributed by atoms with van der Waals surface area (Å²) in [5, 5.41) is 1.32. The SMILES string of the molecule is O=C1c2ccccc2-c2nc(-c3ccc(Cl)cc3)cc(-c3ccc(Cl)cc3)c21. The monoisotopic (exact) mass is 401 g/mol. The molecule has 0 bridgehead atoms. The molecule has 4 aromatic rings. The molecule has 4 heteroatoms. The van der Waals surface area contributed by atoms with Gasteiger partial charge in [0.05, 0.1) is 17.0 Å². The zero-order chi connectivity index (χ0) is 19.3. The molecular weight excluding hydrogens is 389 g/mol. The van der Waals surface area contributed by atoms with Gasteiger partial charge in [0.15, 0.2) is 5.78 Å². The third-order valence-electron chi connectivity index (χ3n) is 4.97. The van der Waals surface area contributed by atoms with Crippen LogP contribution in [-0.4, -0.2) is 10.8 Å². The molecule has 1 heterocycles. The number of halogens is 2. The molecule has 0 spiro atoms. The second kappa shape index (κ2) is 6.59. The van der Waals surface area contributed by atoms with Crippen molar-refractivity contribution in [3.8, 4) is 33.6 Å². The number of benzene rings is 3. The number of hydrogen-bond donors (Lipinski definition) is 0. The quantitative estimate of drug-likeness (QED) is 0.320. The molecule has 1 aromatic heterocycles. The molecule has 1 aliphatic rings. The van der Waals surface area contributed by atoms with Gasteiger partial charge in [-0.15, -0.1) is 0 Å². The molecule has 0 fully saturated rings. The van der Waals surface area contributed by atoms with Crippen molar-refractivity contribution in [2.75, 3.05) is 0 Å². The molecule has 2 nitrogen and oxygen atoms in total. The summed E-state index contributed by atoms with van der Waals surface area (Å²) >= 11 is 12.1. The fraction of sp³-hybridized carbons (Fsp3) is 0. The normalized spacial score (nSPS) is 12.0.